The second-order valence-corrected chi connectivity index (χ2v) is 9.38. The Hall–Kier alpha value is -2.47. The van der Waals surface area contributed by atoms with Gasteiger partial charge in [-0.05, 0) is 92.6 Å². The standard InChI is InChI=1S/C24H21Cl2N3OS/c1-13-8-14(2)10-18(9-13)29-15(3)11-17(16(29)4)12-21-23(30)28-24(31-21)27-20-7-5-6-19(25)22(20)26/h5-12H,1-4H3,(H,27,28,30). The summed E-state index contributed by atoms with van der Waals surface area (Å²) >= 11 is 13.6. The summed E-state index contributed by atoms with van der Waals surface area (Å²) in [5.74, 6) is -0.182. The van der Waals surface area contributed by atoms with Crippen LogP contribution >= 0.6 is 35.0 Å². The lowest BCUT2D eigenvalue weighted by Crippen LogP contribution is -2.19. The normalized spacial score (nSPS) is 16.4. The van der Waals surface area contributed by atoms with Crippen molar-refractivity contribution in [2.45, 2.75) is 27.7 Å². The minimum atomic E-state index is -0.182. The number of carbonyl (C=O) groups is 1. The zero-order valence-corrected chi connectivity index (χ0v) is 19.9. The zero-order valence-electron chi connectivity index (χ0n) is 17.6. The smallest absolute Gasteiger partial charge is 0.264 e. The third-order valence-electron chi connectivity index (χ3n) is 5.03. The van der Waals surface area contributed by atoms with E-state index in [0.717, 1.165) is 22.6 Å². The first-order valence-corrected chi connectivity index (χ1v) is 11.3. The Morgan fingerprint density at radius 3 is 2.45 bits per heavy atom. The summed E-state index contributed by atoms with van der Waals surface area (Å²) < 4.78 is 2.21. The Morgan fingerprint density at radius 1 is 1.03 bits per heavy atom. The first-order chi connectivity index (χ1) is 14.7. The van der Waals surface area contributed by atoms with E-state index in [1.165, 1.54) is 22.9 Å². The molecule has 0 spiro atoms. The van der Waals surface area contributed by atoms with Gasteiger partial charge in [0.25, 0.3) is 5.91 Å². The van der Waals surface area contributed by atoms with Crippen LogP contribution in [0, 0.1) is 27.7 Å². The lowest BCUT2D eigenvalue weighted by Gasteiger charge is -2.12. The van der Waals surface area contributed by atoms with Crippen molar-refractivity contribution in [2.24, 2.45) is 4.99 Å². The van der Waals surface area contributed by atoms with Crippen LogP contribution < -0.4 is 5.32 Å². The van der Waals surface area contributed by atoms with Crippen LogP contribution in [-0.4, -0.2) is 15.6 Å². The van der Waals surface area contributed by atoms with E-state index >= 15 is 0 Å². The van der Waals surface area contributed by atoms with Crippen molar-refractivity contribution in [1.82, 2.24) is 9.88 Å². The van der Waals surface area contributed by atoms with Gasteiger partial charge in [-0.25, -0.2) is 4.99 Å². The van der Waals surface area contributed by atoms with Crippen LogP contribution in [0.1, 0.15) is 28.1 Å². The molecule has 4 nitrogen and oxygen atoms in total. The van der Waals surface area contributed by atoms with Crippen molar-refractivity contribution in [3.8, 4) is 5.69 Å². The summed E-state index contributed by atoms with van der Waals surface area (Å²) in [6, 6.07) is 13.8. The van der Waals surface area contributed by atoms with Crippen molar-refractivity contribution in [2.75, 3.05) is 0 Å². The van der Waals surface area contributed by atoms with Crippen molar-refractivity contribution in [1.29, 1.82) is 0 Å². The second kappa shape index (κ2) is 8.58. The molecule has 158 valence electrons. The molecule has 2 aromatic carbocycles. The fourth-order valence-corrected chi connectivity index (χ4v) is 4.88. The van der Waals surface area contributed by atoms with E-state index in [4.69, 9.17) is 23.2 Å². The number of nitrogens with zero attached hydrogens (tertiary/aromatic N) is 2. The summed E-state index contributed by atoms with van der Waals surface area (Å²) in [4.78, 5) is 17.6. The van der Waals surface area contributed by atoms with E-state index in [2.05, 4.69) is 66.8 Å². The van der Waals surface area contributed by atoms with Crippen LogP contribution in [0.5, 0.6) is 0 Å². The SMILES string of the molecule is Cc1cc(C)cc(-n2c(C)cc(C=C3SC(=Nc4cccc(Cl)c4Cl)NC3=O)c2C)c1. The van der Waals surface area contributed by atoms with E-state index in [9.17, 15) is 4.79 Å². The molecule has 4 rings (SSSR count). The van der Waals surface area contributed by atoms with E-state index < -0.39 is 0 Å². The van der Waals surface area contributed by atoms with E-state index in [-0.39, 0.29) is 5.91 Å². The average molecular weight is 470 g/mol. The highest BCUT2D eigenvalue weighted by atomic mass is 35.5. The number of aliphatic imine (C=N–C) groups is 1. The fraction of sp³-hybridized carbons (Fsp3) is 0.167. The Labute approximate surface area is 196 Å². The van der Waals surface area contributed by atoms with Crippen molar-refractivity contribution >= 4 is 57.8 Å². The van der Waals surface area contributed by atoms with Crippen LogP contribution in [0.4, 0.5) is 5.69 Å². The average Bonchev–Trinajstić information content (AvgIpc) is 3.17. The highest BCUT2D eigenvalue weighted by Gasteiger charge is 2.25. The first kappa shape index (κ1) is 21.8. The number of nitrogens with one attached hydrogen (secondary N) is 1. The second-order valence-electron chi connectivity index (χ2n) is 7.56. The Bertz CT molecular complexity index is 1250. The van der Waals surface area contributed by atoms with Crippen LogP contribution in [-0.2, 0) is 4.79 Å². The fourth-order valence-electron chi connectivity index (χ4n) is 3.72. The molecule has 31 heavy (non-hydrogen) atoms. The van der Waals surface area contributed by atoms with Gasteiger partial charge in [-0.1, -0.05) is 35.3 Å². The molecule has 0 unspecified atom stereocenters. The van der Waals surface area contributed by atoms with Gasteiger partial charge in [0, 0.05) is 17.1 Å². The monoisotopic (exact) mass is 469 g/mol. The Kier molecular flexibility index (Phi) is 6.02. The maximum atomic E-state index is 12.5. The van der Waals surface area contributed by atoms with Gasteiger partial charge >= 0.3 is 0 Å². The molecule has 1 N–H and O–H groups in total. The molecular formula is C24H21Cl2N3OS. The van der Waals surface area contributed by atoms with E-state index in [1.54, 1.807) is 18.2 Å². The summed E-state index contributed by atoms with van der Waals surface area (Å²) in [6.07, 6.45) is 1.91. The minimum Gasteiger partial charge on any atom is -0.318 e. The molecule has 0 bridgehead atoms. The van der Waals surface area contributed by atoms with E-state index in [1.807, 2.05) is 6.08 Å². The van der Waals surface area contributed by atoms with Crippen LogP contribution in [0.2, 0.25) is 10.0 Å². The summed E-state index contributed by atoms with van der Waals surface area (Å²) in [5, 5.41) is 4.07. The molecule has 1 amide bonds. The predicted octanol–water partition coefficient (Wildman–Crippen LogP) is 6.91. The maximum absolute atomic E-state index is 12.5. The number of thioether (sulfide) groups is 1. The molecule has 0 saturated carbocycles. The number of aryl methyl sites for hydroxylation is 3. The molecule has 1 aromatic heterocycles. The van der Waals surface area contributed by atoms with E-state index in [0.29, 0.717) is 25.8 Å². The number of amides is 1. The number of hydrogen-bond donors (Lipinski definition) is 1. The number of rotatable bonds is 3. The molecule has 1 aliphatic rings. The van der Waals surface area contributed by atoms with Gasteiger partial charge in [0.15, 0.2) is 5.17 Å². The lowest BCUT2D eigenvalue weighted by atomic mass is 10.1. The molecule has 0 aliphatic carbocycles. The molecule has 3 aromatic rings. The van der Waals surface area contributed by atoms with Gasteiger partial charge in [-0.15, -0.1) is 0 Å². The van der Waals surface area contributed by atoms with Crippen LogP contribution in [0.15, 0.2) is 52.4 Å². The van der Waals surface area contributed by atoms with Gasteiger partial charge in [0.05, 0.1) is 20.6 Å². The molecular weight excluding hydrogens is 449 g/mol. The number of halogens is 2. The van der Waals surface area contributed by atoms with Gasteiger partial charge in [0.2, 0.25) is 0 Å². The molecule has 7 heteroatoms. The van der Waals surface area contributed by atoms with Gasteiger partial charge in [-0.2, -0.15) is 0 Å². The molecule has 1 fully saturated rings. The number of carbonyl (C=O) groups excluding carboxylic acids is 1. The highest BCUT2D eigenvalue weighted by Crippen LogP contribution is 2.35. The van der Waals surface area contributed by atoms with Crippen LogP contribution in [0.3, 0.4) is 0 Å². The number of amidine groups is 1. The number of hydrogen-bond acceptors (Lipinski definition) is 3. The molecule has 1 aliphatic heterocycles. The maximum Gasteiger partial charge on any atom is 0.264 e. The highest BCUT2D eigenvalue weighted by molar-refractivity contribution is 8.18. The summed E-state index contributed by atoms with van der Waals surface area (Å²) in [6.45, 7) is 8.33. The van der Waals surface area contributed by atoms with Gasteiger partial charge in [0.1, 0.15) is 0 Å². The minimum absolute atomic E-state index is 0.182. The van der Waals surface area contributed by atoms with Gasteiger partial charge < -0.3 is 9.88 Å². The Morgan fingerprint density at radius 2 is 1.74 bits per heavy atom. The van der Waals surface area contributed by atoms with Crippen molar-refractivity contribution in [3.05, 3.63) is 85.5 Å². The third kappa shape index (κ3) is 4.45. The van der Waals surface area contributed by atoms with Crippen molar-refractivity contribution in [3.63, 3.8) is 0 Å². The topological polar surface area (TPSA) is 46.4 Å². The molecule has 0 radical (unpaired) electrons. The summed E-state index contributed by atoms with van der Waals surface area (Å²) in [5.41, 5.74) is 7.26. The summed E-state index contributed by atoms with van der Waals surface area (Å²) in [7, 11) is 0. The Balaban J connectivity index is 1.67. The zero-order chi connectivity index (χ0) is 22.3. The lowest BCUT2D eigenvalue weighted by molar-refractivity contribution is -0.115. The number of aromatic nitrogens is 1. The van der Waals surface area contributed by atoms with Crippen molar-refractivity contribution < 1.29 is 4.79 Å². The predicted molar refractivity (Wildman–Crippen MR) is 132 cm³/mol. The molecule has 2 heterocycles. The third-order valence-corrected chi connectivity index (χ3v) is 6.74. The van der Waals surface area contributed by atoms with Crippen LogP contribution in [0.25, 0.3) is 11.8 Å². The first-order valence-electron chi connectivity index (χ1n) is 9.74. The molecule has 0 atom stereocenters. The largest absolute Gasteiger partial charge is 0.318 e. The number of benzene rings is 2. The van der Waals surface area contributed by atoms with Gasteiger partial charge in [-0.3, -0.25) is 4.79 Å². The quantitative estimate of drug-likeness (QED) is 0.423. The molecule has 1 saturated heterocycles.